The summed E-state index contributed by atoms with van der Waals surface area (Å²) in [5, 5.41) is 1.59. The van der Waals surface area contributed by atoms with E-state index in [9.17, 15) is 9.18 Å². The van der Waals surface area contributed by atoms with Gasteiger partial charge in [0.15, 0.2) is 0 Å². The molecule has 1 N–H and O–H groups in total. The molecule has 0 saturated carbocycles. The molecular formula is C22H22Cl2FN3O. The first-order valence-electron chi connectivity index (χ1n) is 9.53. The second kappa shape index (κ2) is 7.63. The van der Waals surface area contributed by atoms with Crippen molar-refractivity contribution in [2.24, 2.45) is 11.8 Å². The SMILES string of the molecule is CN1C[C@H]2CN(C(=O)c3cc4cc(Cl)ccc4[nH]3)C[C@H]2[C@@H]1c1cccc(F)c1.Cl. The number of rotatable bonds is 2. The first-order valence-corrected chi connectivity index (χ1v) is 9.90. The molecular weight excluding hydrogens is 412 g/mol. The van der Waals surface area contributed by atoms with E-state index in [0.29, 0.717) is 29.1 Å². The fourth-order valence-electron chi connectivity index (χ4n) is 5.00. The number of hydrogen-bond donors (Lipinski definition) is 1. The average molecular weight is 434 g/mol. The molecule has 4 nitrogen and oxygen atoms in total. The monoisotopic (exact) mass is 433 g/mol. The van der Waals surface area contributed by atoms with Crippen LogP contribution in [0.25, 0.3) is 10.9 Å². The van der Waals surface area contributed by atoms with Crippen molar-refractivity contribution in [2.75, 3.05) is 26.7 Å². The van der Waals surface area contributed by atoms with Crippen LogP contribution in [0.15, 0.2) is 48.5 Å². The number of carbonyl (C=O) groups is 1. The van der Waals surface area contributed by atoms with E-state index in [0.717, 1.165) is 29.6 Å². The molecule has 2 aliphatic heterocycles. The number of likely N-dealkylation sites (tertiary alicyclic amines) is 2. The normalized spacial score (nSPS) is 24.0. The van der Waals surface area contributed by atoms with Crippen LogP contribution in [-0.4, -0.2) is 47.4 Å². The van der Waals surface area contributed by atoms with Crippen LogP contribution in [0, 0.1) is 17.7 Å². The number of H-pyrrole nitrogens is 1. The number of nitrogens with one attached hydrogen (secondary N) is 1. The van der Waals surface area contributed by atoms with Crippen LogP contribution >= 0.6 is 24.0 Å². The lowest BCUT2D eigenvalue weighted by molar-refractivity contribution is 0.0763. The highest BCUT2D eigenvalue weighted by Crippen LogP contribution is 2.44. The van der Waals surface area contributed by atoms with Crippen molar-refractivity contribution in [3.63, 3.8) is 0 Å². The van der Waals surface area contributed by atoms with Crippen LogP contribution in [-0.2, 0) is 0 Å². The Labute approximate surface area is 180 Å². The number of halogens is 3. The molecule has 5 rings (SSSR count). The lowest BCUT2D eigenvalue weighted by Gasteiger charge is -2.26. The summed E-state index contributed by atoms with van der Waals surface area (Å²) in [6.07, 6.45) is 0. The summed E-state index contributed by atoms with van der Waals surface area (Å²) in [6.45, 7) is 2.33. The summed E-state index contributed by atoms with van der Waals surface area (Å²) in [7, 11) is 2.08. The zero-order valence-electron chi connectivity index (χ0n) is 15.9. The highest BCUT2D eigenvalue weighted by atomic mass is 35.5. The molecule has 29 heavy (non-hydrogen) atoms. The summed E-state index contributed by atoms with van der Waals surface area (Å²) < 4.78 is 13.8. The Hall–Kier alpha value is -2.08. The maximum atomic E-state index is 13.8. The minimum atomic E-state index is -0.211. The Bertz CT molecular complexity index is 1070. The molecule has 0 unspecified atom stereocenters. The Morgan fingerprint density at radius 1 is 1.14 bits per heavy atom. The summed E-state index contributed by atoms with van der Waals surface area (Å²) >= 11 is 6.06. The molecule has 2 saturated heterocycles. The van der Waals surface area contributed by atoms with Gasteiger partial charge in [-0.25, -0.2) is 4.39 Å². The molecule has 7 heteroatoms. The van der Waals surface area contributed by atoms with Crippen molar-refractivity contribution in [3.8, 4) is 0 Å². The third-order valence-corrected chi connectivity index (χ3v) is 6.42. The van der Waals surface area contributed by atoms with Crippen LogP contribution in [0.3, 0.4) is 0 Å². The number of aromatic amines is 1. The Morgan fingerprint density at radius 2 is 1.97 bits per heavy atom. The van der Waals surface area contributed by atoms with Gasteiger partial charge >= 0.3 is 0 Å². The van der Waals surface area contributed by atoms with Gasteiger partial charge in [-0.2, -0.15) is 0 Å². The standard InChI is InChI=1S/C22H21ClFN3O.ClH/c1-26-10-15-11-27(12-18(15)21(26)13-3-2-4-17(24)8-13)22(28)20-9-14-7-16(23)5-6-19(14)25-20;/h2-9,15,18,21,25H,10-12H2,1H3;1H/t15-,18+,21-;/m0./s1. The molecule has 0 spiro atoms. The summed E-state index contributed by atoms with van der Waals surface area (Å²) in [4.78, 5) is 20.5. The van der Waals surface area contributed by atoms with Crippen molar-refractivity contribution >= 4 is 40.8 Å². The van der Waals surface area contributed by atoms with Crippen LogP contribution in [0.2, 0.25) is 5.02 Å². The zero-order valence-corrected chi connectivity index (χ0v) is 17.5. The molecule has 3 heterocycles. The van der Waals surface area contributed by atoms with E-state index >= 15 is 0 Å². The van der Waals surface area contributed by atoms with E-state index in [1.54, 1.807) is 12.1 Å². The van der Waals surface area contributed by atoms with Crippen LogP contribution < -0.4 is 0 Å². The highest BCUT2D eigenvalue weighted by Gasteiger charge is 2.47. The van der Waals surface area contributed by atoms with Gasteiger partial charge in [-0.3, -0.25) is 9.69 Å². The van der Waals surface area contributed by atoms with E-state index < -0.39 is 0 Å². The van der Waals surface area contributed by atoms with Crippen molar-refractivity contribution in [1.82, 2.24) is 14.8 Å². The number of hydrogen-bond acceptors (Lipinski definition) is 2. The Kier molecular flexibility index (Phi) is 5.32. The lowest BCUT2D eigenvalue weighted by Crippen LogP contribution is -2.33. The summed E-state index contributed by atoms with van der Waals surface area (Å²) in [5.74, 6) is 0.523. The van der Waals surface area contributed by atoms with Crippen molar-refractivity contribution < 1.29 is 9.18 Å². The molecule has 2 aliphatic rings. The van der Waals surface area contributed by atoms with Gasteiger partial charge in [0.2, 0.25) is 0 Å². The molecule has 0 aliphatic carbocycles. The van der Waals surface area contributed by atoms with Crippen molar-refractivity contribution in [2.45, 2.75) is 6.04 Å². The van der Waals surface area contributed by atoms with E-state index in [2.05, 4.69) is 16.9 Å². The van der Waals surface area contributed by atoms with E-state index in [4.69, 9.17) is 11.6 Å². The molecule has 0 bridgehead atoms. The third-order valence-electron chi connectivity index (χ3n) is 6.19. The fraction of sp³-hybridized carbons (Fsp3) is 0.318. The molecule has 3 aromatic rings. The molecule has 0 radical (unpaired) electrons. The highest BCUT2D eigenvalue weighted by molar-refractivity contribution is 6.31. The molecule has 2 fully saturated rings. The molecule has 2 aromatic carbocycles. The minimum Gasteiger partial charge on any atom is -0.351 e. The first kappa shape index (κ1) is 20.2. The Morgan fingerprint density at radius 3 is 2.76 bits per heavy atom. The lowest BCUT2D eigenvalue weighted by atomic mass is 9.89. The maximum absolute atomic E-state index is 13.8. The Balaban J connectivity index is 0.00000205. The second-order valence-corrected chi connectivity index (χ2v) is 8.42. The number of benzene rings is 2. The van der Waals surface area contributed by atoms with Gasteiger partial charge in [-0.15, -0.1) is 12.4 Å². The largest absolute Gasteiger partial charge is 0.351 e. The fourth-order valence-corrected chi connectivity index (χ4v) is 5.19. The van der Waals surface area contributed by atoms with Crippen LogP contribution in [0.1, 0.15) is 22.1 Å². The van der Waals surface area contributed by atoms with Crippen LogP contribution in [0.4, 0.5) is 4.39 Å². The number of fused-ring (bicyclic) bond motifs is 2. The van der Waals surface area contributed by atoms with Gasteiger partial charge in [0.25, 0.3) is 5.91 Å². The van der Waals surface area contributed by atoms with Gasteiger partial charge in [-0.05, 0) is 54.9 Å². The minimum absolute atomic E-state index is 0. The van der Waals surface area contributed by atoms with E-state index in [1.165, 1.54) is 6.07 Å². The van der Waals surface area contributed by atoms with Gasteiger partial charge in [-0.1, -0.05) is 23.7 Å². The second-order valence-electron chi connectivity index (χ2n) is 7.99. The first-order chi connectivity index (χ1) is 13.5. The number of aromatic nitrogens is 1. The van der Waals surface area contributed by atoms with Crippen LogP contribution in [0.5, 0.6) is 0 Å². The quantitative estimate of drug-likeness (QED) is 0.632. The summed E-state index contributed by atoms with van der Waals surface area (Å²) in [6, 6.07) is 14.4. The van der Waals surface area contributed by atoms with E-state index in [-0.39, 0.29) is 30.2 Å². The number of nitrogens with zero attached hydrogens (tertiary/aromatic N) is 2. The molecule has 1 aromatic heterocycles. The van der Waals surface area contributed by atoms with Crippen molar-refractivity contribution in [1.29, 1.82) is 0 Å². The number of carbonyl (C=O) groups excluding carboxylic acids is 1. The van der Waals surface area contributed by atoms with Gasteiger partial charge in [0.05, 0.1) is 0 Å². The van der Waals surface area contributed by atoms with Gasteiger partial charge in [0, 0.05) is 47.5 Å². The maximum Gasteiger partial charge on any atom is 0.270 e. The predicted molar refractivity (Wildman–Crippen MR) is 115 cm³/mol. The molecule has 152 valence electrons. The van der Waals surface area contributed by atoms with Crippen molar-refractivity contribution in [3.05, 3.63) is 70.6 Å². The number of amides is 1. The summed E-state index contributed by atoms with van der Waals surface area (Å²) in [5.41, 5.74) is 2.49. The molecule has 3 atom stereocenters. The third kappa shape index (κ3) is 3.52. The van der Waals surface area contributed by atoms with Gasteiger partial charge < -0.3 is 9.88 Å². The van der Waals surface area contributed by atoms with E-state index in [1.807, 2.05) is 35.2 Å². The zero-order chi connectivity index (χ0) is 19.4. The average Bonchev–Trinajstić information content (AvgIpc) is 3.32. The smallest absolute Gasteiger partial charge is 0.270 e. The predicted octanol–water partition coefficient (Wildman–Crippen LogP) is 4.76. The van der Waals surface area contributed by atoms with Gasteiger partial charge in [0.1, 0.15) is 11.5 Å². The molecule has 1 amide bonds. The topological polar surface area (TPSA) is 39.3 Å².